The average molecular weight is 352 g/mol. The second kappa shape index (κ2) is 7.09. The quantitative estimate of drug-likeness (QED) is 0.521. The lowest BCUT2D eigenvalue weighted by Crippen LogP contribution is -2.33. The van der Waals surface area contributed by atoms with E-state index in [4.69, 9.17) is 5.73 Å². The molecule has 0 radical (unpaired) electrons. The molecule has 0 spiro atoms. The lowest BCUT2D eigenvalue weighted by Gasteiger charge is -2.26. The molecule has 8 heteroatoms. The number of nitrogens with one attached hydrogen (secondary N) is 4. The number of imidazole rings is 1. The molecule has 1 aliphatic rings. The Labute approximate surface area is 150 Å². The van der Waals surface area contributed by atoms with Crippen molar-refractivity contribution in [1.82, 2.24) is 15.0 Å². The molecule has 8 nitrogen and oxygen atoms in total. The van der Waals surface area contributed by atoms with Crippen LogP contribution >= 0.6 is 0 Å². The summed E-state index contributed by atoms with van der Waals surface area (Å²) in [5, 5.41) is 6.72. The van der Waals surface area contributed by atoms with E-state index in [0.717, 1.165) is 48.8 Å². The van der Waals surface area contributed by atoms with Crippen LogP contribution in [-0.4, -0.2) is 33.3 Å². The van der Waals surface area contributed by atoms with E-state index in [0.29, 0.717) is 29.4 Å². The number of benzene rings is 1. The van der Waals surface area contributed by atoms with Gasteiger partial charge in [0.1, 0.15) is 6.29 Å². The smallest absolute Gasteiger partial charge is 0.307 e. The summed E-state index contributed by atoms with van der Waals surface area (Å²) in [4.78, 5) is 26.2. The number of rotatable bonds is 5. The molecular formula is C18H22N7O+. The number of hydrogen-bond donors (Lipinski definition) is 4. The Hall–Kier alpha value is -3.00. The molecule has 134 valence electrons. The molecule has 1 aliphatic carbocycles. The van der Waals surface area contributed by atoms with Gasteiger partial charge in [-0.15, -0.1) is 0 Å². The van der Waals surface area contributed by atoms with E-state index in [1.807, 2.05) is 12.1 Å². The first-order chi connectivity index (χ1) is 12.7. The zero-order chi connectivity index (χ0) is 17.9. The third-order valence-electron chi connectivity index (χ3n) is 4.75. The number of aromatic nitrogens is 4. The number of aromatic amines is 2. The molecule has 0 atom stereocenters. The van der Waals surface area contributed by atoms with E-state index in [9.17, 15) is 4.79 Å². The van der Waals surface area contributed by atoms with Crippen molar-refractivity contribution in [2.45, 2.75) is 37.8 Å². The van der Waals surface area contributed by atoms with E-state index in [-0.39, 0.29) is 0 Å². The van der Waals surface area contributed by atoms with E-state index in [2.05, 4.69) is 30.6 Å². The molecule has 6 N–H and O–H groups in total. The van der Waals surface area contributed by atoms with Crippen LogP contribution in [-0.2, 0) is 0 Å². The van der Waals surface area contributed by atoms with Gasteiger partial charge in [-0.05, 0) is 49.9 Å². The Morgan fingerprint density at radius 1 is 1.15 bits per heavy atom. The van der Waals surface area contributed by atoms with Gasteiger partial charge in [0.15, 0.2) is 12.1 Å². The molecule has 2 aromatic heterocycles. The third kappa shape index (κ3) is 3.50. The predicted octanol–water partition coefficient (Wildman–Crippen LogP) is 2.01. The van der Waals surface area contributed by atoms with Gasteiger partial charge in [0, 0.05) is 23.3 Å². The molecular weight excluding hydrogens is 330 g/mol. The first-order valence-electron chi connectivity index (χ1n) is 8.82. The van der Waals surface area contributed by atoms with Crippen molar-refractivity contribution < 1.29 is 9.78 Å². The van der Waals surface area contributed by atoms with Crippen LogP contribution in [0.4, 0.5) is 17.5 Å². The van der Waals surface area contributed by atoms with Gasteiger partial charge >= 0.3 is 11.6 Å². The maximum atomic E-state index is 10.8. The topological polar surface area (TPSA) is 123 Å². The second-order valence-corrected chi connectivity index (χ2v) is 6.67. The number of hydrogen-bond acceptors (Lipinski definition) is 6. The highest BCUT2D eigenvalue weighted by atomic mass is 16.1. The molecule has 0 saturated heterocycles. The monoisotopic (exact) mass is 352 g/mol. The van der Waals surface area contributed by atoms with Crippen molar-refractivity contribution in [3.05, 3.63) is 36.2 Å². The number of anilines is 3. The maximum absolute atomic E-state index is 10.8. The minimum Gasteiger partial charge on any atom is -0.337 e. The van der Waals surface area contributed by atoms with Crippen LogP contribution in [0.15, 0.2) is 30.6 Å². The molecule has 1 fully saturated rings. The summed E-state index contributed by atoms with van der Waals surface area (Å²) < 4.78 is 0. The zero-order valence-corrected chi connectivity index (χ0v) is 14.3. The van der Waals surface area contributed by atoms with Crippen molar-refractivity contribution in [2.75, 3.05) is 10.6 Å². The van der Waals surface area contributed by atoms with Gasteiger partial charge in [0.2, 0.25) is 5.52 Å². The second-order valence-electron chi connectivity index (χ2n) is 6.67. The Balaban J connectivity index is 1.58. The Bertz CT molecular complexity index is 898. The fraction of sp³-hybridized carbons (Fsp3) is 0.333. The van der Waals surface area contributed by atoms with Crippen molar-refractivity contribution in [3.63, 3.8) is 0 Å². The van der Waals surface area contributed by atoms with Crippen LogP contribution in [0.25, 0.3) is 11.2 Å². The molecule has 2 heterocycles. The average Bonchev–Trinajstić information content (AvgIpc) is 3.13. The molecule has 0 bridgehead atoms. The highest BCUT2D eigenvalue weighted by Crippen LogP contribution is 2.24. The van der Waals surface area contributed by atoms with Crippen molar-refractivity contribution in [1.29, 1.82) is 0 Å². The Kier molecular flexibility index (Phi) is 4.49. The predicted molar refractivity (Wildman–Crippen MR) is 99.4 cm³/mol. The molecule has 4 rings (SSSR count). The number of aldehydes is 1. The zero-order valence-electron chi connectivity index (χ0n) is 14.3. The summed E-state index contributed by atoms with van der Waals surface area (Å²) in [7, 11) is 0. The molecule has 3 aromatic rings. The van der Waals surface area contributed by atoms with Crippen molar-refractivity contribution in [3.8, 4) is 0 Å². The Morgan fingerprint density at radius 2 is 1.92 bits per heavy atom. The van der Waals surface area contributed by atoms with Gasteiger partial charge in [-0.3, -0.25) is 9.78 Å². The summed E-state index contributed by atoms with van der Waals surface area (Å²) >= 11 is 0. The van der Waals surface area contributed by atoms with Crippen LogP contribution in [0.5, 0.6) is 0 Å². The van der Waals surface area contributed by atoms with E-state index >= 15 is 0 Å². The molecule has 0 unspecified atom stereocenters. The lowest BCUT2D eigenvalue weighted by molar-refractivity contribution is -0.347. The Morgan fingerprint density at radius 3 is 2.65 bits per heavy atom. The first kappa shape index (κ1) is 16.5. The number of nitrogens with two attached hydrogens (primary N) is 1. The number of fused-ring (bicyclic) bond motifs is 1. The fourth-order valence-corrected chi connectivity index (χ4v) is 3.26. The molecule has 1 saturated carbocycles. The fourth-order valence-electron chi connectivity index (χ4n) is 3.26. The SMILES string of the molecule is NC1CCC(Nc2nc(Nc3ccc(C=O)cc3)c3[nH]c[nH+]c3n2)CC1. The summed E-state index contributed by atoms with van der Waals surface area (Å²) in [5.41, 5.74) is 8.98. The first-order valence-corrected chi connectivity index (χ1v) is 8.82. The van der Waals surface area contributed by atoms with E-state index in [1.54, 1.807) is 18.5 Å². The molecule has 1 aromatic carbocycles. The van der Waals surface area contributed by atoms with Gasteiger partial charge in [0.25, 0.3) is 0 Å². The summed E-state index contributed by atoms with van der Waals surface area (Å²) in [6, 6.07) is 7.87. The highest BCUT2D eigenvalue weighted by Gasteiger charge is 2.22. The van der Waals surface area contributed by atoms with Crippen molar-refractivity contribution >= 4 is 34.9 Å². The van der Waals surface area contributed by atoms with Gasteiger partial charge in [-0.1, -0.05) is 4.98 Å². The number of nitrogens with zero attached hydrogens (tertiary/aromatic N) is 2. The largest absolute Gasteiger partial charge is 0.337 e. The molecule has 26 heavy (non-hydrogen) atoms. The minimum atomic E-state index is 0.307. The number of H-pyrrole nitrogens is 2. The normalized spacial score (nSPS) is 20.0. The van der Waals surface area contributed by atoms with E-state index < -0.39 is 0 Å². The van der Waals surface area contributed by atoms with Crippen LogP contribution in [0.1, 0.15) is 36.0 Å². The van der Waals surface area contributed by atoms with Gasteiger partial charge < -0.3 is 16.4 Å². The molecule has 0 amide bonds. The van der Waals surface area contributed by atoms with Crippen LogP contribution in [0.3, 0.4) is 0 Å². The van der Waals surface area contributed by atoms with Gasteiger partial charge in [0.05, 0.1) is 0 Å². The van der Waals surface area contributed by atoms with Gasteiger partial charge in [-0.2, -0.15) is 4.98 Å². The summed E-state index contributed by atoms with van der Waals surface area (Å²) in [6.07, 6.45) is 6.63. The van der Waals surface area contributed by atoms with Crippen molar-refractivity contribution in [2.24, 2.45) is 5.73 Å². The summed E-state index contributed by atoms with van der Waals surface area (Å²) in [5.74, 6) is 1.26. The maximum Gasteiger partial charge on any atom is 0.307 e. The third-order valence-corrected chi connectivity index (χ3v) is 4.75. The summed E-state index contributed by atoms with van der Waals surface area (Å²) in [6.45, 7) is 0. The van der Waals surface area contributed by atoms with Crippen LogP contribution < -0.4 is 21.4 Å². The highest BCUT2D eigenvalue weighted by molar-refractivity contribution is 5.84. The van der Waals surface area contributed by atoms with E-state index in [1.165, 1.54) is 0 Å². The number of carbonyl (C=O) groups is 1. The number of carbonyl (C=O) groups excluding carboxylic acids is 1. The minimum absolute atomic E-state index is 0.307. The van der Waals surface area contributed by atoms with Gasteiger partial charge in [-0.25, -0.2) is 4.98 Å². The van der Waals surface area contributed by atoms with Crippen LogP contribution in [0.2, 0.25) is 0 Å². The standard InChI is InChI=1S/C18H21N7O/c19-12-3-7-14(8-4-12)23-18-24-16-15(20-10-21-16)17(25-18)22-13-5-1-11(9-26)2-6-13/h1-2,5-6,9-10,12,14H,3-4,7-8,19H2,(H3,20,21,22,23,24,25)/p+1. The van der Waals surface area contributed by atoms with Crippen LogP contribution in [0, 0.1) is 0 Å². The molecule has 0 aliphatic heterocycles. The lowest BCUT2D eigenvalue weighted by atomic mass is 9.92.